The van der Waals surface area contributed by atoms with E-state index in [2.05, 4.69) is 48.7 Å². The Morgan fingerprint density at radius 3 is 2.94 bits per heavy atom. The molecule has 2 atom stereocenters. The Labute approximate surface area is 119 Å². The molecule has 1 fully saturated rings. The number of anilines is 1. The van der Waals surface area contributed by atoms with E-state index in [4.69, 9.17) is 5.73 Å². The minimum absolute atomic E-state index is 0.406. The van der Waals surface area contributed by atoms with Crippen LogP contribution in [0.1, 0.15) is 19.8 Å². The van der Waals surface area contributed by atoms with Crippen LogP contribution in [-0.2, 0) is 0 Å². The molecule has 2 rings (SSSR count). The fraction of sp³-hybridized carbons (Fsp3) is 0.583. The van der Waals surface area contributed by atoms with Crippen molar-refractivity contribution in [1.82, 2.24) is 4.98 Å². The van der Waals surface area contributed by atoms with Gasteiger partial charge in [0.2, 0.25) is 0 Å². The van der Waals surface area contributed by atoms with Crippen molar-refractivity contribution in [1.29, 1.82) is 0 Å². The predicted molar refractivity (Wildman–Crippen MR) is 78.2 cm³/mol. The quantitative estimate of drug-likeness (QED) is 0.878. The maximum atomic E-state index is 5.88. The zero-order valence-corrected chi connectivity index (χ0v) is 13.0. The van der Waals surface area contributed by atoms with Crippen molar-refractivity contribution in [2.75, 3.05) is 18.0 Å². The van der Waals surface area contributed by atoms with Crippen LogP contribution in [0.2, 0.25) is 0 Å². The van der Waals surface area contributed by atoms with Crippen LogP contribution < -0.4 is 10.6 Å². The predicted octanol–water partition coefficient (Wildman–Crippen LogP) is 3.17. The highest BCUT2D eigenvalue weighted by atomic mass is 79.9. The summed E-state index contributed by atoms with van der Waals surface area (Å²) >= 11 is 7.01. The molecule has 1 aromatic heterocycles. The number of halogens is 2. The van der Waals surface area contributed by atoms with Crippen molar-refractivity contribution in [3.05, 3.63) is 21.2 Å². The van der Waals surface area contributed by atoms with E-state index in [9.17, 15) is 0 Å². The molecule has 1 aliphatic rings. The molecule has 3 nitrogen and oxygen atoms in total. The van der Waals surface area contributed by atoms with E-state index in [1.165, 1.54) is 6.42 Å². The van der Waals surface area contributed by atoms with Crippen molar-refractivity contribution >= 4 is 37.7 Å². The molecule has 0 spiro atoms. The summed E-state index contributed by atoms with van der Waals surface area (Å²) in [5, 5.41) is 0. The van der Waals surface area contributed by atoms with Crippen LogP contribution in [0.3, 0.4) is 0 Å². The molecule has 2 N–H and O–H groups in total. The van der Waals surface area contributed by atoms with Crippen LogP contribution >= 0.6 is 31.9 Å². The number of pyridine rings is 1. The van der Waals surface area contributed by atoms with Crippen LogP contribution in [0.4, 0.5) is 5.82 Å². The highest BCUT2D eigenvalue weighted by molar-refractivity contribution is 9.11. The Morgan fingerprint density at radius 1 is 1.53 bits per heavy atom. The van der Waals surface area contributed by atoms with E-state index in [1.807, 2.05) is 12.3 Å². The summed E-state index contributed by atoms with van der Waals surface area (Å²) in [7, 11) is 0. The lowest BCUT2D eigenvalue weighted by molar-refractivity contribution is 0.364. The Bertz CT molecular complexity index is 397. The van der Waals surface area contributed by atoms with Gasteiger partial charge < -0.3 is 10.6 Å². The average Bonchev–Trinajstić information content (AvgIpc) is 2.30. The van der Waals surface area contributed by atoms with Gasteiger partial charge in [-0.25, -0.2) is 4.98 Å². The second kappa shape index (κ2) is 5.67. The van der Waals surface area contributed by atoms with Gasteiger partial charge in [-0.05, 0) is 56.7 Å². The zero-order chi connectivity index (χ0) is 12.4. The first-order valence-corrected chi connectivity index (χ1v) is 7.48. The monoisotopic (exact) mass is 361 g/mol. The van der Waals surface area contributed by atoms with Crippen molar-refractivity contribution in [2.24, 2.45) is 11.7 Å². The van der Waals surface area contributed by atoms with Gasteiger partial charge in [-0.1, -0.05) is 6.92 Å². The maximum absolute atomic E-state index is 5.88. The summed E-state index contributed by atoms with van der Waals surface area (Å²) in [6.07, 6.45) is 4.20. The lowest BCUT2D eigenvalue weighted by atomic mass is 9.92. The molecule has 0 aromatic carbocycles. The highest BCUT2D eigenvalue weighted by Crippen LogP contribution is 2.32. The molecule has 2 unspecified atom stereocenters. The van der Waals surface area contributed by atoms with Crippen molar-refractivity contribution in [3.63, 3.8) is 0 Å². The molecule has 1 aromatic rings. The first-order valence-electron chi connectivity index (χ1n) is 5.89. The topological polar surface area (TPSA) is 42.2 Å². The normalized spacial score (nSPS) is 25.1. The van der Waals surface area contributed by atoms with Gasteiger partial charge in [-0.15, -0.1) is 0 Å². The lowest BCUT2D eigenvalue weighted by Crippen LogP contribution is -2.46. The Balaban J connectivity index is 2.25. The summed E-state index contributed by atoms with van der Waals surface area (Å²) in [6, 6.07) is 2.44. The molecule has 1 aliphatic heterocycles. The second-order valence-corrected chi connectivity index (χ2v) is 6.44. The third kappa shape index (κ3) is 3.01. The minimum Gasteiger partial charge on any atom is -0.351 e. The summed E-state index contributed by atoms with van der Waals surface area (Å²) < 4.78 is 2.02. The average molecular weight is 363 g/mol. The van der Waals surface area contributed by atoms with Gasteiger partial charge in [-0.2, -0.15) is 0 Å². The van der Waals surface area contributed by atoms with Gasteiger partial charge in [-0.3, -0.25) is 0 Å². The number of hydrogen-bond donors (Lipinski definition) is 1. The van der Waals surface area contributed by atoms with Crippen molar-refractivity contribution in [2.45, 2.75) is 25.8 Å². The van der Waals surface area contributed by atoms with Crippen LogP contribution in [0.5, 0.6) is 0 Å². The standard InChI is InChI=1S/C12H17Br2N3/c1-8-2-3-17(10(4-8)6-15)12-11(14)5-9(13)7-16-12/h5,7-8,10H,2-4,6,15H2,1H3. The van der Waals surface area contributed by atoms with E-state index in [0.717, 1.165) is 33.6 Å². The number of hydrogen-bond acceptors (Lipinski definition) is 3. The summed E-state index contributed by atoms with van der Waals surface area (Å²) in [5.74, 6) is 1.77. The molecule has 0 bridgehead atoms. The minimum atomic E-state index is 0.406. The summed E-state index contributed by atoms with van der Waals surface area (Å²) in [5.41, 5.74) is 5.88. The van der Waals surface area contributed by atoms with Crippen LogP contribution in [0.25, 0.3) is 0 Å². The van der Waals surface area contributed by atoms with E-state index >= 15 is 0 Å². The Hall–Kier alpha value is -0.130. The van der Waals surface area contributed by atoms with Crippen LogP contribution in [0, 0.1) is 5.92 Å². The largest absolute Gasteiger partial charge is 0.351 e. The molecule has 17 heavy (non-hydrogen) atoms. The Morgan fingerprint density at radius 2 is 2.29 bits per heavy atom. The van der Waals surface area contributed by atoms with Gasteiger partial charge in [0.05, 0.1) is 4.47 Å². The molecule has 0 saturated carbocycles. The van der Waals surface area contributed by atoms with Gasteiger partial charge >= 0.3 is 0 Å². The number of aromatic nitrogens is 1. The summed E-state index contributed by atoms with van der Waals surface area (Å²) in [4.78, 5) is 6.83. The molecule has 0 amide bonds. The van der Waals surface area contributed by atoms with Gasteiger partial charge in [0.15, 0.2) is 0 Å². The Kier molecular flexibility index (Phi) is 4.44. The first-order chi connectivity index (χ1) is 8.11. The molecule has 0 radical (unpaired) electrons. The van der Waals surface area contributed by atoms with E-state index in [0.29, 0.717) is 12.6 Å². The molecule has 5 heteroatoms. The molecule has 94 valence electrons. The fourth-order valence-electron chi connectivity index (χ4n) is 2.37. The molecular formula is C12H17Br2N3. The van der Waals surface area contributed by atoms with Crippen LogP contribution in [-0.4, -0.2) is 24.1 Å². The van der Waals surface area contributed by atoms with Gasteiger partial charge in [0, 0.05) is 29.8 Å². The smallest absolute Gasteiger partial charge is 0.143 e. The lowest BCUT2D eigenvalue weighted by Gasteiger charge is -2.39. The van der Waals surface area contributed by atoms with E-state index in [1.54, 1.807) is 0 Å². The van der Waals surface area contributed by atoms with E-state index < -0.39 is 0 Å². The van der Waals surface area contributed by atoms with Gasteiger partial charge in [0.25, 0.3) is 0 Å². The van der Waals surface area contributed by atoms with Gasteiger partial charge in [0.1, 0.15) is 5.82 Å². The summed E-state index contributed by atoms with van der Waals surface area (Å²) in [6.45, 7) is 4.02. The highest BCUT2D eigenvalue weighted by Gasteiger charge is 2.27. The van der Waals surface area contributed by atoms with Crippen molar-refractivity contribution in [3.8, 4) is 0 Å². The number of rotatable bonds is 2. The third-order valence-corrected chi connectivity index (χ3v) is 4.33. The first kappa shape index (κ1) is 13.3. The molecule has 0 aliphatic carbocycles. The number of piperidine rings is 1. The molecule has 2 heterocycles. The second-order valence-electron chi connectivity index (χ2n) is 4.67. The molecular weight excluding hydrogens is 346 g/mol. The number of nitrogens with two attached hydrogens (primary N) is 1. The van der Waals surface area contributed by atoms with Crippen LogP contribution in [0.15, 0.2) is 21.2 Å². The zero-order valence-electron chi connectivity index (χ0n) is 9.87. The van der Waals surface area contributed by atoms with Crippen molar-refractivity contribution < 1.29 is 0 Å². The third-order valence-electron chi connectivity index (χ3n) is 3.31. The molecule has 1 saturated heterocycles. The maximum Gasteiger partial charge on any atom is 0.143 e. The fourth-order valence-corrected chi connectivity index (χ4v) is 3.59. The SMILES string of the molecule is CC1CCN(c2ncc(Br)cc2Br)C(CN)C1. The number of nitrogens with zero attached hydrogens (tertiary/aromatic N) is 2. The van der Waals surface area contributed by atoms with E-state index in [-0.39, 0.29) is 0 Å².